The van der Waals surface area contributed by atoms with E-state index in [0.29, 0.717) is 5.69 Å². The molecule has 0 aliphatic heterocycles. The Bertz CT molecular complexity index is 938. The standard InChI is InChI=1S/C25H30FN3/c1-6-10-11-18-12-13-19(14-23(18)28-8-3)20-15-22(26)21(16-27)25(29-9-4)24(20)17(5)7-2/h8-9,12-15,17,29H,4,6-7,10-11H2,1-3,5H3/b28-8-. The summed E-state index contributed by atoms with van der Waals surface area (Å²) in [5.41, 5.74) is 5.25. The average molecular weight is 392 g/mol. The summed E-state index contributed by atoms with van der Waals surface area (Å²) in [5, 5.41) is 12.5. The summed E-state index contributed by atoms with van der Waals surface area (Å²) in [6.45, 7) is 11.9. The molecule has 29 heavy (non-hydrogen) atoms. The average Bonchev–Trinajstić information content (AvgIpc) is 2.72. The Hall–Kier alpha value is -2.93. The van der Waals surface area contributed by atoms with Gasteiger partial charge in [-0.2, -0.15) is 5.26 Å². The van der Waals surface area contributed by atoms with Gasteiger partial charge in [0.15, 0.2) is 0 Å². The smallest absolute Gasteiger partial charge is 0.143 e. The van der Waals surface area contributed by atoms with E-state index >= 15 is 0 Å². The maximum atomic E-state index is 14.8. The number of halogens is 1. The summed E-state index contributed by atoms with van der Waals surface area (Å²) < 4.78 is 14.8. The van der Waals surface area contributed by atoms with Gasteiger partial charge in [0.05, 0.1) is 11.4 Å². The molecule has 0 heterocycles. The first kappa shape index (κ1) is 22.4. The van der Waals surface area contributed by atoms with Crippen molar-refractivity contribution in [3.8, 4) is 17.2 Å². The molecule has 0 saturated carbocycles. The summed E-state index contributed by atoms with van der Waals surface area (Å²) >= 11 is 0. The van der Waals surface area contributed by atoms with Gasteiger partial charge in [0.1, 0.15) is 17.4 Å². The highest BCUT2D eigenvalue weighted by atomic mass is 19.1. The van der Waals surface area contributed by atoms with Crippen molar-refractivity contribution < 1.29 is 4.39 Å². The fraction of sp³-hybridized carbons (Fsp3) is 0.360. The molecule has 1 N–H and O–H groups in total. The van der Waals surface area contributed by atoms with E-state index in [1.54, 1.807) is 6.21 Å². The van der Waals surface area contributed by atoms with E-state index in [4.69, 9.17) is 0 Å². The van der Waals surface area contributed by atoms with Crippen molar-refractivity contribution in [1.82, 2.24) is 0 Å². The molecular formula is C25H30FN3. The van der Waals surface area contributed by atoms with Gasteiger partial charge in [-0.15, -0.1) is 0 Å². The molecule has 4 heteroatoms. The number of nitrogens with one attached hydrogen (secondary N) is 1. The van der Waals surface area contributed by atoms with Crippen molar-refractivity contribution in [2.45, 2.75) is 59.3 Å². The van der Waals surface area contributed by atoms with E-state index in [2.05, 4.69) is 43.7 Å². The van der Waals surface area contributed by atoms with Gasteiger partial charge in [0, 0.05) is 6.21 Å². The minimum absolute atomic E-state index is 0.0234. The topological polar surface area (TPSA) is 48.2 Å². The number of nitrogens with zero attached hydrogens (tertiary/aromatic N) is 2. The molecule has 0 saturated heterocycles. The van der Waals surface area contributed by atoms with Crippen LogP contribution in [0, 0.1) is 17.1 Å². The van der Waals surface area contributed by atoms with Crippen molar-refractivity contribution in [3.05, 3.63) is 59.6 Å². The number of aryl methyl sites for hydroxylation is 1. The molecule has 0 aromatic heterocycles. The number of hydrogen-bond acceptors (Lipinski definition) is 3. The predicted molar refractivity (Wildman–Crippen MR) is 122 cm³/mol. The zero-order valence-electron chi connectivity index (χ0n) is 17.8. The van der Waals surface area contributed by atoms with Gasteiger partial charge in [-0.3, -0.25) is 4.99 Å². The molecular weight excluding hydrogens is 361 g/mol. The lowest BCUT2D eigenvalue weighted by Gasteiger charge is -2.22. The van der Waals surface area contributed by atoms with Gasteiger partial charge in [-0.1, -0.05) is 45.9 Å². The lowest BCUT2D eigenvalue weighted by atomic mass is 9.86. The maximum absolute atomic E-state index is 14.8. The third-order valence-electron chi connectivity index (χ3n) is 5.25. The Balaban J connectivity index is 2.78. The molecule has 1 atom stereocenters. The molecule has 1 unspecified atom stereocenters. The van der Waals surface area contributed by atoms with Gasteiger partial charge in [0.2, 0.25) is 0 Å². The van der Waals surface area contributed by atoms with Crippen LogP contribution in [0.3, 0.4) is 0 Å². The lowest BCUT2D eigenvalue weighted by Crippen LogP contribution is -2.06. The Labute approximate surface area is 174 Å². The number of anilines is 1. The largest absolute Gasteiger partial charge is 0.361 e. The fourth-order valence-electron chi connectivity index (χ4n) is 3.55. The second kappa shape index (κ2) is 10.6. The molecule has 0 aliphatic rings. The minimum atomic E-state index is -0.533. The number of aliphatic imine (C=N–C) groups is 1. The third kappa shape index (κ3) is 4.92. The summed E-state index contributed by atoms with van der Waals surface area (Å²) in [7, 11) is 0. The number of nitriles is 1. The molecule has 0 amide bonds. The van der Waals surface area contributed by atoms with Crippen LogP contribution in [0.15, 0.2) is 42.0 Å². The molecule has 0 fully saturated rings. The van der Waals surface area contributed by atoms with Crippen LogP contribution in [0.25, 0.3) is 11.1 Å². The first-order chi connectivity index (χ1) is 14.0. The van der Waals surface area contributed by atoms with Crippen LogP contribution >= 0.6 is 0 Å². The van der Waals surface area contributed by atoms with Crippen molar-refractivity contribution in [2.24, 2.45) is 4.99 Å². The highest BCUT2D eigenvalue weighted by Crippen LogP contribution is 2.41. The first-order valence-corrected chi connectivity index (χ1v) is 10.3. The van der Waals surface area contributed by atoms with Gasteiger partial charge in [0.25, 0.3) is 0 Å². The molecule has 2 rings (SSSR count). The fourth-order valence-corrected chi connectivity index (χ4v) is 3.55. The number of rotatable bonds is 9. The predicted octanol–water partition coefficient (Wildman–Crippen LogP) is 7.50. The molecule has 0 radical (unpaired) electrons. The van der Waals surface area contributed by atoms with Crippen LogP contribution in [0.5, 0.6) is 0 Å². The summed E-state index contributed by atoms with van der Waals surface area (Å²) in [6.07, 6.45) is 7.33. The van der Waals surface area contributed by atoms with Crippen molar-refractivity contribution >= 4 is 17.6 Å². The van der Waals surface area contributed by atoms with Crippen molar-refractivity contribution in [3.63, 3.8) is 0 Å². The van der Waals surface area contributed by atoms with E-state index < -0.39 is 5.82 Å². The Kier molecular flexibility index (Phi) is 8.15. The summed E-state index contributed by atoms with van der Waals surface area (Å²) in [5.74, 6) is -0.396. The van der Waals surface area contributed by atoms with E-state index in [1.165, 1.54) is 17.8 Å². The Morgan fingerprint density at radius 3 is 2.66 bits per heavy atom. The minimum Gasteiger partial charge on any atom is -0.361 e. The zero-order chi connectivity index (χ0) is 21.4. The van der Waals surface area contributed by atoms with Crippen molar-refractivity contribution in [2.75, 3.05) is 5.32 Å². The number of benzene rings is 2. The van der Waals surface area contributed by atoms with E-state index in [9.17, 15) is 9.65 Å². The van der Waals surface area contributed by atoms with Crippen LogP contribution in [0.4, 0.5) is 15.8 Å². The zero-order valence-corrected chi connectivity index (χ0v) is 17.8. The molecule has 0 spiro atoms. The van der Waals surface area contributed by atoms with Crippen LogP contribution in [0.1, 0.15) is 69.6 Å². The molecule has 0 bridgehead atoms. The molecule has 2 aromatic rings. The molecule has 152 valence electrons. The van der Waals surface area contributed by atoms with Gasteiger partial charge in [-0.05, 0) is 72.7 Å². The molecule has 3 nitrogen and oxygen atoms in total. The van der Waals surface area contributed by atoms with E-state index in [-0.39, 0.29) is 11.5 Å². The van der Waals surface area contributed by atoms with Gasteiger partial charge in [-0.25, -0.2) is 4.39 Å². The SMILES string of the molecule is C=CNc1c(C#N)c(F)cc(-c2ccc(CCCC)c(/N=C\C)c2)c1C(C)CC. The Morgan fingerprint density at radius 2 is 2.07 bits per heavy atom. The number of hydrogen-bond donors (Lipinski definition) is 1. The van der Waals surface area contributed by atoms with Crippen LogP contribution in [-0.4, -0.2) is 6.21 Å². The first-order valence-electron chi connectivity index (χ1n) is 10.3. The summed E-state index contributed by atoms with van der Waals surface area (Å²) in [6, 6.07) is 9.63. The van der Waals surface area contributed by atoms with E-state index in [1.807, 2.05) is 25.1 Å². The second-order valence-corrected chi connectivity index (χ2v) is 7.17. The number of unbranched alkanes of at least 4 members (excludes halogenated alkanes) is 1. The highest BCUT2D eigenvalue weighted by Gasteiger charge is 2.22. The van der Waals surface area contributed by atoms with Gasteiger partial charge < -0.3 is 5.32 Å². The normalized spacial score (nSPS) is 12.0. The van der Waals surface area contributed by atoms with Crippen LogP contribution < -0.4 is 5.32 Å². The quantitative estimate of drug-likeness (QED) is 0.450. The van der Waals surface area contributed by atoms with Gasteiger partial charge >= 0.3 is 0 Å². The monoisotopic (exact) mass is 391 g/mol. The second-order valence-electron chi connectivity index (χ2n) is 7.17. The Morgan fingerprint density at radius 1 is 1.31 bits per heavy atom. The maximum Gasteiger partial charge on any atom is 0.143 e. The van der Waals surface area contributed by atoms with E-state index in [0.717, 1.165) is 48.1 Å². The van der Waals surface area contributed by atoms with Crippen molar-refractivity contribution in [1.29, 1.82) is 5.26 Å². The van der Waals surface area contributed by atoms with Crippen LogP contribution in [-0.2, 0) is 6.42 Å². The lowest BCUT2D eigenvalue weighted by molar-refractivity contribution is 0.622. The van der Waals surface area contributed by atoms with Crippen LogP contribution in [0.2, 0.25) is 0 Å². The molecule has 2 aromatic carbocycles. The summed E-state index contributed by atoms with van der Waals surface area (Å²) in [4.78, 5) is 4.55. The molecule has 0 aliphatic carbocycles. The third-order valence-corrected chi connectivity index (χ3v) is 5.25. The highest BCUT2D eigenvalue weighted by molar-refractivity contribution is 5.81.